The standard InChI is InChI=1S/C22H24N4/c1-3-25(19-11-6-8-17(2)16-19)22-23-14-13-21(24-22)26-15-7-10-18-9-4-5-12-20(18)26/h4-6,8-9,11-14,16H,3,7,10,15H2,1-2H3. The molecule has 0 atom stereocenters. The highest BCUT2D eigenvalue weighted by Gasteiger charge is 2.20. The maximum absolute atomic E-state index is 4.91. The van der Waals surface area contributed by atoms with E-state index in [2.05, 4.69) is 77.2 Å². The molecule has 4 rings (SSSR count). The van der Waals surface area contributed by atoms with E-state index in [9.17, 15) is 0 Å². The molecule has 0 spiro atoms. The Morgan fingerprint density at radius 3 is 2.81 bits per heavy atom. The Morgan fingerprint density at radius 2 is 1.96 bits per heavy atom. The van der Waals surface area contributed by atoms with Crippen molar-refractivity contribution < 1.29 is 0 Å². The smallest absolute Gasteiger partial charge is 0.231 e. The summed E-state index contributed by atoms with van der Waals surface area (Å²) < 4.78 is 0. The molecule has 3 aromatic rings. The van der Waals surface area contributed by atoms with Gasteiger partial charge in [-0.15, -0.1) is 0 Å². The van der Waals surface area contributed by atoms with E-state index in [0.717, 1.165) is 43.4 Å². The van der Waals surface area contributed by atoms with Crippen molar-refractivity contribution in [1.29, 1.82) is 0 Å². The summed E-state index contributed by atoms with van der Waals surface area (Å²) in [5.74, 6) is 1.71. The first kappa shape index (κ1) is 16.6. The average Bonchev–Trinajstić information content (AvgIpc) is 2.68. The molecule has 1 aliphatic heterocycles. The number of benzene rings is 2. The molecule has 1 aromatic heterocycles. The lowest BCUT2D eigenvalue weighted by Crippen LogP contribution is -2.26. The van der Waals surface area contributed by atoms with Crippen molar-refractivity contribution in [2.75, 3.05) is 22.9 Å². The summed E-state index contributed by atoms with van der Waals surface area (Å²) in [4.78, 5) is 13.9. The van der Waals surface area contributed by atoms with Crippen LogP contribution in [0.25, 0.3) is 0 Å². The van der Waals surface area contributed by atoms with Gasteiger partial charge in [-0.2, -0.15) is 4.98 Å². The number of rotatable bonds is 4. The number of nitrogens with zero attached hydrogens (tertiary/aromatic N) is 4. The van der Waals surface area contributed by atoms with Gasteiger partial charge in [0.2, 0.25) is 5.95 Å². The fourth-order valence-electron chi connectivity index (χ4n) is 3.63. The molecule has 4 nitrogen and oxygen atoms in total. The van der Waals surface area contributed by atoms with Crippen LogP contribution in [-0.2, 0) is 6.42 Å². The molecule has 0 unspecified atom stereocenters. The lowest BCUT2D eigenvalue weighted by atomic mass is 10.0. The second-order valence-corrected chi connectivity index (χ2v) is 6.68. The lowest BCUT2D eigenvalue weighted by molar-refractivity contribution is 0.757. The van der Waals surface area contributed by atoms with Gasteiger partial charge in [0.25, 0.3) is 0 Å². The number of aromatic nitrogens is 2. The van der Waals surface area contributed by atoms with E-state index < -0.39 is 0 Å². The molecule has 0 saturated heterocycles. The highest BCUT2D eigenvalue weighted by Crippen LogP contribution is 2.33. The Labute approximate surface area is 155 Å². The van der Waals surface area contributed by atoms with Crippen molar-refractivity contribution in [1.82, 2.24) is 9.97 Å². The molecule has 0 N–H and O–H groups in total. The third-order valence-electron chi connectivity index (χ3n) is 4.89. The van der Waals surface area contributed by atoms with Gasteiger partial charge in [-0.3, -0.25) is 0 Å². The van der Waals surface area contributed by atoms with E-state index in [-0.39, 0.29) is 0 Å². The Hall–Kier alpha value is -2.88. The summed E-state index contributed by atoms with van der Waals surface area (Å²) >= 11 is 0. The minimum atomic E-state index is 0.749. The summed E-state index contributed by atoms with van der Waals surface area (Å²) in [6, 6.07) is 19.1. The number of hydrogen-bond acceptors (Lipinski definition) is 4. The molecule has 1 aliphatic rings. The summed E-state index contributed by atoms with van der Waals surface area (Å²) in [7, 11) is 0. The monoisotopic (exact) mass is 344 g/mol. The fourth-order valence-corrected chi connectivity index (χ4v) is 3.63. The topological polar surface area (TPSA) is 32.3 Å². The molecule has 0 aliphatic carbocycles. The Balaban J connectivity index is 1.71. The zero-order chi connectivity index (χ0) is 17.9. The van der Waals surface area contributed by atoms with Crippen molar-refractivity contribution in [3.63, 3.8) is 0 Å². The Bertz CT molecular complexity index is 906. The molecular weight excluding hydrogens is 320 g/mol. The van der Waals surface area contributed by atoms with Crippen molar-refractivity contribution in [3.8, 4) is 0 Å². The summed E-state index contributed by atoms with van der Waals surface area (Å²) in [5, 5.41) is 0. The van der Waals surface area contributed by atoms with E-state index >= 15 is 0 Å². The fraction of sp³-hybridized carbons (Fsp3) is 0.273. The second kappa shape index (κ2) is 7.16. The SMILES string of the molecule is CCN(c1cccc(C)c1)c1nccc(N2CCCc3ccccc32)n1. The molecule has 0 amide bonds. The van der Waals surface area contributed by atoms with Crippen LogP contribution in [0.15, 0.2) is 60.8 Å². The van der Waals surface area contributed by atoms with Gasteiger partial charge in [0.1, 0.15) is 5.82 Å². The van der Waals surface area contributed by atoms with Crippen molar-refractivity contribution in [2.24, 2.45) is 0 Å². The molecule has 0 bridgehead atoms. The van der Waals surface area contributed by atoms with Gasteiger partial charge in [-0.1, -0.05) is 30.3 Å². The van der Waals surface area contributed by atoms with Gasteiger partial charge >= 0.3 is 0 Å². The molecule has 2 aromatic carbocycles. The van der Waals surface area contributed by atoms with Crippen LogP contribution in [0.1, 0.15) is 24.5 Å². The van der Waals surface area contributed by atoms with Crippen LogP contribution in [0.4, 0.5) is 23.1 Å². The van der Waals surface area contributed by atoms with Crippen LogP contribution in [-0.4, -0.2) is 23.1 Å². The van der Waals surface area contributed by atoms with Crippen LogP contribution in [0.5, 0.6) is 0 Å². The minimum absolute atomic E-state index is 0.749. The van der Waals surface area contributed by atoms with Crippen LogP contribution >= 0.6 is 0 Å². The van der Waals surface area contributed by atoms with Gasteiger partial charge in [-0.25, -0.2) is 4.98 Å². The Kier molecular flexibility index (Phi) is 4.57. The van der Waals surface area contributed by atoms with Crippen molar-refractivity contribution >= 4 is 23.1 Å². The van der Waals surface area contributed by atoms with Crippen LogP contribution in [0.3, 0.4) is 0 Å². The third-order valence-corrected chi connectivity index (χ3v) is 4.89. The quantitative estimate of drug-likeness (QED) is 0.665. The van der Waals surface area contributed by atoms with Crippen molar-refractivity contribution in [3.05, 3.63) is 71.9 Å². The molecular formula is C22H24N4. The number of anilines is 4. The molecule has 2 heterocycles. The van der Waals surface area contributed by atoms with Crippen LogP contribution in [0.2, 0.25) is 0 Å². The molecule has 26 heavy (non-hydrogen) atoms. The van der Waals surface area contributed by atoms with Gasteiger partial charge in [0, 0.05) is 30.7 Å². The highest BCUT2D eigenvalue weighted by molar-refractivity contribution is 5.67. The van der Waals surface area contributed by atoms with Gasteiger partial charge < -0.3 is 9.80 Å². The highest BCUT2D eigenvalue weighted by atomic mass is 15.3. The Morgan fingerprint density at radius 1 is 1.08 bits per heavy atom. The lowest BCUT2D eigenvalue weighted by Gasteiger charge is -2.31. The minimum Gasteiger partial charge on any atom is -0.326 e. The second-order valence-electron chi connectivity index (χ2n) is 6.68. The predicted molar refractivity (Wildman–Crippen MR) is 108 cm³/mol. The number of hydrogen-bond donors (Lipinski definition) is 0. The van der Waals surface area contributed by atoms with Crippen LogP contribution in [0, 0.1) is 6.92 Å². The first-order valence-electron chi connectivity index (χ1n) is 9.29. The maximum atomic E-state index is 4.91. The number of para-hydroxylation sites is 1. The maximum Gasteiger partial charge on any atom is 0.231 e. The normalized spacial score (nSPS) is 13.4. The number of aryl methyl sites for hydroxylation is 2. The molecule has 0 fully saturated rings. The van der Waals surface area contributed by atoms with E-state index in [1.54, 1.807) is 0 Å². The summed E-state index contributed by atoms with van der Waals surface area (Å²) in [5.41, 5.74) is 5.03. The first-order valence-corrected chi connectivity index (χ1v) is 9.29. The van der Waals surface area contributed by atoms with Crippen molar-refractivity contribution in [2.45, 2.75) is 26.7 Å². The van der Waals surface area contributed by atoms with Crippen LogP contribution < -0.4 is 9.80 Å². The first-order chi connectivity index (χ1) is 12.8. The predicted octanol–water partition coefficient (Wildman–Crippen LogP) is 5.03. The largest absolute Gasteiger partial charge is 0.326 e. The zero-order valence-electron chi connectivity index (χ0n) is 15.4. The van der Waals surface area contributed by atoms with E-state index in [4.69, 9.17) is 4.98 Å². The van der Waals surface area contributed by atoms with Gasteiger partial charge in [0.15, 0.2) is 0 Å². The molecule has 4 heteroatoms. The summed E-state index contributed by atoms with van der Waals surface area (Å²) in [6.07, 6.45) is 4.15. The van der Waals surface area contributed by atoms with E-state index in [1.165, 1.54) is 16.8 Å². The van der Waals surface area contributed by atoms with Gasteiger partial charge in [-0.05, 0) is 62.1 Å². The average molecular weight is 344 g/mol. The third kappa shape index (κ3) is 3.15. The molecule has 0 radical (unpaired) electrons. The van der Waals surface area contributed by atoms with E-state index in [0.29, 0.717) is 0 Å². The number of fused-ring (bicyclic) bond motifs is 1. The van der Waals surface area contributed by atoms with Gasteiger partial charge in [0.05, 0.1) is 0 Å². The van der Waals surface area contributed by atoms with E-state index in [1.807, 2.05) is 12.3 Å². The molecule has 132 valence electrons. The zero-order valence-corrected chi connectivity index (χ0v) is 15.4. The summed E-state index contributed by atoms with van der Waals surface area (Å²) in [6.45, 7) is 6.06. The molecule has 0 saturated carbocycles.